The SMILES string of the molecule is CCOCC(N)C1Cc2ccccc21. The Morgan fingerprint density at radius 1 is 1.50 bits per heavy atom. The van der Waals surface area contributed by atoms with Gasteiger partial charge in [0.05, 0.1) is 6.61 Å². The van der Waals surface area contributed by atoms with E-state index >= 15 is 0 Å². The van der Waals surface area contributed by atoms with Gasteiger partial charge in [0, 0.05) is 18.6 Å². The van der Waals surface area contributed by atoms with Gasteiger partial charge in [0.15, 0.2) is 0 Å². The zero-order chi connectivity index (χ0) is 9.97. The molecule has 2 atom stereocenters. The minimum absolute atomic E-state index is 0.157. The Balaban J connectivity index is 1.97. The molecule has 0 bridgehead atoms. The van der Waals surface area contributed by atoms with Crippen molar-refractivity contribution in [2.24, 2.45) is 5.73 Å². The second-order valence-corrected chi connectivity index (χ2v) is 3.83. The van der Waals surface area contributed by atoms with Crippen molar-refractivity contribution in [3.8, 4) is 0 Å². The van der Waals surface area contributed by atoms with Gasteiger partial charge in [0.25, 0.3) is 0 Å². The standard InChI is InChI=1S/C12H17NO/c1-2-14-8-12(13)11-7-9-5-3-4-6-10(9)11/h3-6,11-12H,2,7-8,13H2,1H3. The zero-order valence-corrected chi connectivity index (χ0v) is 8.57. The van der Waals surface area contributed by atoms with Crippen molar-refractivity contribution in [1.82, 2.24) is 0 Å². The fourth-order valence-corrected chi connectivity index (χ4v) is 2.05. The van der Waals surface area contributed by atoms with Gasteiger partial charge in [-0.1, -0.05) is 24.3 Å². The summed E-state index contributed by atoms with van der Waals surface area (Å²) in [6.07, 6.45) is 1.12. The van der Waals surface area contributed by atoms with E-state index in [1.54, 1.807) is 0 Å². The van der Waals surface area contributed by atoms with E-state index in [9.17, 15) is 0 Å². The van der Waals surface area contributed by atoms with Crippen LogP contribution in [0.2, 0.25) is 0 Å². The lowest BCUT2D eigenvalue weighted by Crippen LogP contribution is -2.39. The summed E-state index contributed by atoms with van der Waals surface area (Å²) in [5, 5.41) is 0. The highest BCUT2D eigenvalue weighted by molar-refractivity contribution is 5.41. The monoisotopic (exact) mass is 191 g/mol. The minimum Gasteiger partial charge on any atom is -0.380 e. The lowest BCUT2D eigenvalue weighted by molar-refractivity contribution is 0.123. The van der Waals surface area contributed by atoms with Gasteiger partial charge in [-0.05, 0) is 24.5 Å². The van der Waals surface area contributed by atoms with Crippen molar-refractivity contribution < 1.29 is 4.74 Å². The lowest BCUT2D eigenvalue weighted by atomic mass is 9.74. The van der Waals surface area contributed by atoms with Gasteiger partial charge in [0.1, 0.15) is 0 Å². The normalized spacial score (nSPS) is 21.1. The van der Waals surface area contributed by atoms with Gasteiger partial charge in [-0.2, -0.15) is 0 Å². The number of nitrogens with two attached hydrogens (primary N) is 1. The van der Waals surface area contributed by atoms with E-state index in [0.29, 0.717) is 12.5 Å². The third kappa shape index (κ3) is 1.68. The summed E-state index contributed by atoms with van der Waals surface area (Å²) in [6.45, 7) is 3.43. The molecule has 1 aromatic carbocycles. The Morgan fingerprint density at radius 3 is 3.00 bits per heavy atom. The predicted octanol–water partition coefficient (Wildman–Crippen LogP) is 1.69. The maximum absolute atomic E-state index is 6.05. The number of rotatable bonds is 4. The van der Waals surface area contributed by atoms with Gasteiger partial charge in [-0.25, -0.2) is 0 Å². The van der Waals surface area contributed by atoms with Crippen molar-refractivity contribution >= 4 is 0 Å². The molecule has 0 spiro atoms. The Bertz CT molecular complexity index is 311. The smallest absolute Gasteiger partial charge is 0.0623 e. The molecule has 14 heavy (non-hydrogen) atoms. The predicted molar refractivity (Wildman–Crippen MR) is 57.4 cm³/mol. The highest BCUT2D eigenvalue weighted by Crippen LogP contribution is 2.36. The molecule has 0 radical (unpaired) electrons. The van der Waals surface area contributed by atoms with Gasteiger partial charge in [0.2, 0.25) is 0 Å². The van der Waals surface area contributed by atoms with Crippen LogP contribution in [0, 0.1) is 0 Å². The largest absolute Gasteiger partial charge is 0.380 e. The molecule has 2 heteroatoms. The van der Waals surface area contributed by atoms with Crippen LogP contribution in [-0.4, -0.2) is 19.3 Å². The average molecular weight is 191 g/mol. The molecule has 76 valence electrons. The van der Waals surface area contributed by atoms with Crippen LogP contribution in [0.4, 0.5) is 0 Å². The van der Waals surface area contributed by atoms with Crippen molar-refractivity contribution in [3.63, 3.8) is 0 Å². The maximum Gasteiger partial charge on any atom is 0.0623 e. The first-order chi connectivity index (χ1) is 6.83. The molecule has 0 heterocycles. The lowest BCUT2D eigenvalue weighted by Gasteiger charge is -2.34. The van der Waals surface area contributed by atoms with Crippen LogP contribution in [0.5, 0.6) is 0 Å². The molecule has 2 nitrogen and oxygen atoms in total. The number of fused-ring (bicyclic) bond motifs is 1. The fraction of sp³-hybridized carbons (Fsp3) is 0.500. The highest BCUT2D eigenvalue weighted by Gasteiger charge is 2.30. The van der Waals surface area contributed by atoms with Crippen molar-refractivity contribution in [1.29, 1.82) is 0 Å². The molecule has 1 aliphatic rings. The topological polar surface area (TPSA) is 35.2 Å². The number of ether oxygens (including phenoxy) is 1. The van der Waals surface area contributed by atoms with Gasteiger partial charge < -0.3 is 10.5 Å². The number of hydrogen-bond acceptors (Lipinski definition) is 2. The Morgan fingerprint density at radius 2 is 2.29 bits per heavy atom. The maximum atomic E-state index is 6.05. The molecule has 0 saturated heterocycles. The van der Waals surface area contributed by atoms with Crippen molar-refractivity contribution in [2.45, 2.75) is 25.3 Å². The molecule has 2 N–H and O–H groups in total. The molecular weight excluding hydrogens is 174 g/mol. The first-order valence-corrected chi connectivity index (χ1v) is 5.24. The molecule has 0 amide bonds. The third-order valence-corrected chi connectivity index (χ3v) is 2.93. The van der Waals surface area contributed by atoms with E-state index in [-0.39, 0.29) is 6.04 Å². The van der Waals surface area contributed by atoms with Crippen molar-refractivity contribution in [2.75, 3.05) is 13.2 Å². The van der Waals surface area contributed by atoms with Crippen LogP contribution in [0.1, 0.15) is 24.0 Å². The summed E-state index contributed by atoms with van der Waals surface area (Å²) in [7, 11) is 0. The molecule has 0 aliphatic heterocycles. The van der Waals surface area contributed by atoms with Crippen LogP contribution >= 0.6 is 0 Å². The van der Waals surface area contributed by atoms with Crippen molar-refractivity contribution in [3.05, 3.63) is 35.4 Å². The Labute approximate surface area is 85.1 Å². The second-order valence-electron chi connectivity index (χ2n) is 3.83. The third-order valence-electron chi connectivity index (χ3n) is 2.93. The summed E-state index contributed by atoms with van der Waals surface area (Å²) < 4.78 is 5.34. The van der Waals surface area contributed by atoms with Gasteiger partial charge in [-0.3, -0.25) is 0 Å². The first kappa shape index (κ1) is 9.69. The van der Waals surface area contributed by atoms with Gasteiger partial charge in [-0.15, -0.1) is 0 Å². The Hall–Kier alpha value is -0.860. The molecule has 2 unspecified atom stereocenters. The van der Waals surface area contributed by atoms with E-state index in [4.69, 9.17) is 10.5 Å². The second kappa shape index (κ2) is 4.11. The van der Waals surface area contributed by atoms with Gasteiger partial charge >= 0.3 is 0 Å². The van der Waals surface area contributed by atoms with Crippen LogP contribution in [0.15, 0.2) is 24.3 Å². The summed E-state index contributed by atoms with van der Waals surface area (Å²) >= 11 is 0. The summed E-state index contributed by atoms with van der Waals surface area (Å²) in [5.74, 6) is 0.512. The van der Waals surface area contributed by atoms with Crippen LogP contribution in [0.3, 0.4) is 0 Å². The molecule has 0 saturated carbocycles. The number of benzene rings is 1. The number of hydrogen-bond donors (Lipinski definition) is 1. The summed E-state index contributed by atoms with van der Waals surface area (Å²) in [6, 6.07) is 8.68. The van der Waals surface area contributed by atoms with E-state index in [1.165, 1.54) is 11.1 Å². The molecule has 0 fully saturated rings. The molecule has 2 rings (SSSR count). The average Bonchev–Trinajstić information content (AvgIpc) is 2.17. The quantitative estimate of drug-likeness (QED) is 0.786. The highest BCUT2D eigenvalue weighted by atomic mass is 16.5. The summed E-state index contributed by atoms with van der Waals surface area (Å²) in [5.41, 5.74) is 8.92. The zero-order valence-electron chi connectivity index (χ0n) is 8.57. The van der Waals surface area contributed by atoms with E-state index in [2.05, 4.69) is 24.3 Å². The van der Waals surface area contributed by atoms with Crippen LogP contribution in [-0.2, 0) is 11.2 Å². The van der Waals surface area contributed by atoms with E-state index in [0.717, 1.165) is 13.0 Å². The van der Waals surface area contributed by atoms with Crippen LogP contribution in [0.25, 0.3) is 0 Å². The van der Waals surface area contributed by atoms with E-state index < -0.39 is 0 Å². The minimum atomic E-state index is 0.157. The molecule has 1 aliphatic carbocycles. The van der Waals surface area contributed by atoms with E-state index in [1.807, 2.05) is 6.92 Å². The molecule has 1 aromatic rings. The Kier molecular flexibility index (Phi) is 2.85. The molecule has 0 aromatic heterocycles. The molecular formula is C12H17NO. The summed E-state index contributed by atoms with van der Waals surface area (Å²) in [4.78, 5) is 0. The first-order valence-electron chi connectivity index (χ1n) is 5.24. The fourth-order valence-electron chi connectivity index (χ4n) is 2.05. The van der Waals surface area contributed by atoms with Crippen LogP contribution < -0.4 is 5.73 Å².